The molecule has 2 aliphatic carbocycles. The average molecular weight is 761 g/mol. The first kappa shape index (κ1) is 34.4. The van der Waals surface area contributed by atoms with Crippen molar-refractivity contribution in [1.82, 2.24) is 9.78 Å². The van der Waals surface area contributed by atoms with E-state index in [0.29, 0.717) is 22.0 Å². The Hall–Kier alpha value is -5.39. The number of amides is 4. The molecule has 0 unspecified atom stereocenters. The number of phenolic OH excluding ortho intramolecular Hbond substituents is 1. The number of thiophene rings is 1. The van der Waals surface area contributed by atoms with Crippen molar-refractivity contribution in [3.05, 3.63) is 112 Å². The molecule has 4 amide bonds. The fourth-order valence-corrected chi connectivity index (χ4v) is 10.9. The van der Waals surface area contributed by atoms with Gasteiger partial charge < -0.3 is 5.11 Å². The quantitative estimate of drug-likeness (QED) is 0.143. The summed E-state index contributed by atoms with van der Waals surface area (Å²) in [7, 11) is 1.67. The van der Waals surface area contributed by atoms with Gasteiger partial charge in [0.2, 0.25) is 23.6 Å². The molecule has 2 saturated heterocycles. The van der Waals surface area contributed by atoms with E-state index in [2.05, 4.69) is 6.58 Å². The summed E-state index contributed by atoms with van der Waals surface area (Å²) < 4.78 is 17.7. The molecule has 9 rings (SSSR count). The van der Waals surface area contributed by atoms with Crippen LogP contribution in [0.25, 0.3) is 26.7 Å². The first-order valence-corrected chi connectivity index (χ1v) is 18.9. The van der Waals surface area contributed by atoms with Gasteiger partial charge >= 0.3 is 0 Å². The highest BCUT2D eigenvalue weighted by atomic mass is 35.5. The van der Waals surface area contributed by atoms with Gasteiger partial charge in [-0.05, 0) is 85.5 Å². The SMILES string of the molecule is C=Cc1ccc(N2C(=O)[C@H]3[C@H](CC=C4[C@H]3C[C@H]3C(=O)N(c5cc(-c6sc7ccc(Cl)cc7c6C)nn5C)C(=O)[C@@]3(C)[C@H]4c3cccc(F)c3O)C2=O)cc1. The summed E-state index contributed by atoms with van der Waals surface area (Å²) in [6, 6.07) is 18.5. The number of halogens is 2. The van der Waals surface area contributed by atoms with Crippen molar-refractivity contribution < 1.29 is 28.7 Å². The number of aryl methyl sites for hydroxylation is 2. The third kappa shape index (κ3) is 4.64. The maximum absolute atomic E-state index is 15.2. The van der Waals surface area contributed by atoms with Crippen LogP contribution in [0.4, 0.5) is 15.9 Å². The molecule has 272 valence electrons. The van der Waals surface area contributed by atoms with Gasteiger partial charge in [0.15, 0.2) is 11.6 Å². The second-order valence-electron chi connectivity index (χ2n) is 14.9. The lowest BCUT2D eigenvalue weighted by Crippen LogP contribution is -2.49. The van der Waals surface area contributed by atoms with Crippen LogP contribution in [0.5, 0.6) is 5.75 Å². The molecule has 6 atom stereocenters. The van der Waals surface area contributed by atoms with Crippen molar-refractivity contribution in [1.29, 1.82) is 0 Å². The number of carbonyl (C=O) groups excluding carboxylic acids is 4. The van der Waals surface area contributed by atoms with E-state index >= 15 is 9.18 Å². The molecule has 2 aliphatic heterocycles. The number of benzene rings is 3. The minimum Gasteiger partial charge on any atom is -0.505 e. The van der Waals surface area contributed by atoms with E-state index in [1.54, 1.807) is 56.4 Å². The average Bonchev–Trinajstić information content (AvgIpc) is 3.83. The monoisotopic (exact) mass is 760 g/mol. The molecule has 4 heterocycles. The standard InChI is InChI=1S/C42H34ClFN4O5S/c1-5-21-9-12-23(13-10-21)47-38(50)25-15-14-24-28(34(25)40(47)52)18-29-39(51)48(41(53)42(29,3)35(24)26-7-6-8-30(44)36(26)49)33-19-31(45-46(33)4)37-20(2)27-17-22(43)11-16-32(27)54-37/h5-14,16-17,19,25,28-29,34-35,49H,1,15,18H2,2-4H3/t25-,28+,29-,34-,35+,42+/m0/s1. The molecule has 0 bridgehead atoms. The molecule has 1 saturated carbocycles. The number of phenols is 1. The smallest absolute Gasteiger partial charge is 0.242 e. The number of allylic oxidation sites excluding steroid dienone is 2. The number of para-hydroxylation sites is 1. The summed E-state index contributed by atoms with van der Waals surface area (Å²) in [5.41, 5.74) is 2.15. The first-order valence-electron chi connectivity index (χ1n) is 17.7. The van der Waals surface area contributed by atoms with E-state index in [9.17, 15) is 19.5 Å². The lowest BCUT2D eigenvalue weighted by Gasteiger charge is -2.49. The van der Waals surface area contributed by atoms with Crippen LogP contribution in [0.1, 0.15) is 42.4 Å². The van der Waals surface area contributed by atoms with Gasteiger partial charge in [0.1, 0.15) is 11.5 Å². The fraction of sp³-hybridized carbons (Fsp3) is 0.262. The van der Waals surface area contributed by atoms with Crippen LogP contribution in [0.2, 0.25) is 5.02 Å². The predicted molar refractivity (Wildman–Crippen MR) is 205 cm³/mol. The number of hydrogen-bond donors (Lipinski definition) is 1. The maximum atomic E-state index is 15.2. The number of fused-ring (bicyclic) bond motifs is 5. The number of hydrogen-bond acceptors (Lipinski definition) is 7. The molecular weight excluding hydrogens is 727 g/mol. The van der Waals surface area contributed by atoms with Crippen molar-refractivity contribution in [3.8, 4) is 16.3 Å². The summed E-state index contributed by atoms with van der Waals surface area (Å²) in [4.78, 5) is 61.4. The van der Waals surface area contributed by atoms with Crippen LogP contribution in [-0.4, -0.2) is 38.5 Å². The molecule has 0 spiro atoms. The third-order valence-corrected chi connectivity index (χ3v) is 13.7. The number of aromatic nitrogens is 2. The van der Waals surface area contributed by atoms with E-state index in [1.807, 2.05) is 31.2 Å². The van der Waals surface area contributed by atoms with E-state index in [0.717, 1.165) is 37.1 Å². The summed E-state index contributed by atoms with van der Waals surface area (Å²) in [5, 5.41) is 17.6. The Kier molecular flexibility index (Phi) is 7.68. The van der Waals surface area contributed by atoms with Gasteiger partial charge in [-0.1, -0.05) is 60.2 Å². The van der Waals surface area contributed by atoms with Crippen LogP contribution < -0.4 is 9.80 Å². The predicted octanol–water partition coefficient (Wildman–Crippen LogP) is 8.19. The van der Waals surface area contributed by atoms with Gasteiger partial charge in [-0.3, -0.25) is 28.8 Å². The van der Waals surface area contributed by atoms with Crippen LogP contribution in [0.15, 0.2) is 85.0 Å². The van der Waals surface area contributed by atoms with Gasteiger partial charge in [-0.25, -0.2) is 9.29 Å². The zero-order valence-electron chi connectivity index (χ0n) is 29.5. The third-order valence-electron chi connectivity index (χ3n) is 12.2. The molecule has 9 nitrogen and oxygen atoms in total. The Balaban J connectivity index is 1.15. The first-order chi connectivity index (χ1) is 25.8. The maximum Gasteiger partial charge on any atom is 0.242 e. The summed E-state index contributed by atoms with van der Waals surface area (Å²) >= 11 is 7.83. The minimum absolute atomic E-state index is 0.111. The van der Waals surface area contributed by atoms with Gasteiger partial charge in [-0.15, -0.1) is 11.3 Å². The van der Waals surface area contributed by atoms with Crippen molar-refractivity contribution >= 4 is 74.2 Å². The van der Waals surface area contributed by atoms with E-state index in [-0.39, 0.29) is 36.0 Å². The normalized spacial score (nSPS) is 26.3. The molecule has 1 N–H and O–H groups in total. The van der Waals surface area contributed by atoms with Crippen molar-refractivity contribution in [3.63, 3.8) is 0 Å². The molecule has 4 aliphatic rings. The molecule has 54 heavy (non-hydrogen) atoms. The largest absolute Gasteiger partial charge is 0.505 e. The highest BCUT2D eigenvalue weighted by molar-refractivity contribution is 7.22. The molecule has 12 heteroatoms. The van der Waals surface area contributed by atoms with Crippen molar-refractivity contribution in [2.75, 3.05) is 9.80 Å². The number of aromatic hydroxyl groups is 1. The van der Waals surface area contributed by atoms with Gasteiger partial charge in [0.25, 0.3) is 0 Å². The summed E-state index contributed by atoms with van der Waals surface area (Å²) in [5.74, 6) is -6.99. The second kappa shape index (κ2) is 12.1. The summed E-state index contributed by atoms with van der Waals surface area (Å²) in [6.45, 7) is 7.45. The molecule has 2 aromatic heterocycles. The summed E-state index contributed by atoms with van der Waals surface area (Å²) in [6.07, 6.45) is 3.87. The van der Waals surface area contributed by atoms with Gasteiger partial charge in [-0.2, -0.15) is 5.10 Å². The Morgan fingerprint density at radius 2 is 1.76 bits per heavy atom. The molecule has 3 aromatic carbocycles. The van der Waals surface area contributed by atoms with Gasteiger partial charge in [0.05, 0.1) is 33.7 Å². The molecule has 0 radical (unpaired) electrons. The Morgan fingerprint density at radius 3 is 2.50 bits per heavy atom. The fourth-order valence-electron chi connectivity index (χ4n) is 9.57. The lowest BCUT2D eigenvalue weighted by molar-refractivity contribution is -0.131. The van der Waals surface area contributed by atoms with Crippen molar-refractivity contribution in [2.24, 2.45) is 36.1 Å². The topological polar surface area (TPSA) is 113 Å². The number of rotatable bonds is 5. The molecular formula is C42H34ClFN4O5S. The minimum atomic E-state index is -1.47. The number of nitrogens with zero attached hydrogens (tertiary/aromatic N) is 4. The van der Waals surface area contributed by atoms with E-state index in [1.165, 1.54) is 27.0 Å². The van der Waals surface area contributed by atoms with E-state index < -0.39 is 58.4 Å². The highest BCUT2D eigenvalue weighted by Gasteiger charge is 2.68. The zero-order chi connectivity index (χ0) is 38.0. The second-order valence-corrected chi connectivity index (χ2v) is 16.3. The Bertz CT molecular complexity index is 2540. The lowest BCUT2D eigenvalue weighted by atomic mass is 9.51. The molecule has 3 fully saturated rings. The highest BCUT2D eigenvalue weighted by Crippen LogP contribution is 2.64. The van der Waals surface area contributed by atoms with Crippen molar-refractivity contribution in [2.45, 2.75) is 32.6 Å². The van der Waals surface area contributed by atoms with Crippen LogP contribution >= 0.6 is 22.9 Å². The van der Waals surface area contributed by atoms with Gasteiger partial charge in [0, 0.05) is 34.3 Å². The van der Waals surface area contributed by atoms with Crippen LogP contribution in [-0.2, 0) is 26.2 Å². The van der Waals surface area contributed by atoms with Crippen LogP contribution in [0, 0.1) is 41.8 Å². The van der Waals surface area contributed by atoms with Crippen LogP contribution in [0.3, 0.4) is 0 Å². The molecule has 5 aromatic rings. The number of anilines is 2. The van der Waals surface area contributed by atoms with E-state index in [4.69, 9.17) is 16.7 Å². The Labute approximate surface area is 318 Å². The Morgan fingerprint density at radius 1 is 1.00 bits per heavy atom. The number of carbonyl (C=O) groups is 4. The number of imide groups is 2. The zero-order valence-corrected chi connectivity index (χ0v) is 31.1.